The summed E-state index contributed by atoms with van der Waals surface area (Å²) in [6.45, 7) is 2.79. The summed E-state index contributed by atoms with van der Waals surface area (Å²) in [6.07, 6.45) is 0. The zero-order valence-electron chi connectivity index (χ0n) is 28.8. The Bertz CT molecular complexity index is 2210. The van der Waals surface area contributed by atoms with Gasteiger partial charge in [0.15, 0.2) is 0 Å². The minimum atomic E-state index is -4.00. The van der Waals surface area contributed by atoms with Crippen LogP contribution in [0.15, 0.2) is 132 Å². The predicted molar refractivity (Wildman–Crippen MR) is 194 cm³/mol. The number of aromatic nitrogens is 8. The first-order valence-corrected chi connectivity index (χ1v) is 19.6. The molecule has 0 amide bonds. The van der Waals surface area contributed by atoms with Gasteiger partial charge in [-0.05, 0) is 56.2 Å². The number of sulfone groups is 2. The monoisotopic (exact) mass is 774 g/mol. The third-order valence-electron chi connectivity index (χ3n) is 8.52. The van der Waals surface area contributed by atoms with Crippen molar-refractivity contribution in [2.24, 2.45) is 0 Å². The number of nitro groups is 2. The molecule has 0 spiro atoms. The molecule has 2 aromatic heterocycles. The largest absolute Gasteiger partial charge is 0.272 e. The molecule has 0 aliphatic heterocycles. The van der Waals surface area contributed by atoms with Crippen LogP contribution in [0.5, 0.6) is 0 Å². The number of hydrogen-bond acceptors (Lipinski definition) is 14. The molecule has 4 atom stereocenters. The quantitative estimate of drug-likeness (QED) is 0.113. The SMILES string of the molecule is C[C@H]([C@@H](CS(=O)(=O)c1nnnn1-c1ccccc1)c1ccccc1)[N+](=O)[O-].C[C@H]([C@@H](CS(=O)(=O)c1nnnn1-c1ccccc1)c1ccccc1)[N+](=O)[O-]. The van der Waals surface area contributed by atoms with Crippen LogP contribution in [0.3, 0.4) is 0 Å². The van der Waals surface area contributed by atoms with Crippen molar-refractivity contribution in [3.8, 4) is 11.4 Å². The molecular weight excluding hydrogens is 741 g/mol. The second-order valence-electron chi connectivity index (χ2n) is 12.1. The lowest BCUT2D eigenvalue weighted by atomic mass is 9.95. The Labute approximate surface area is 309 Å². The number of rotatable bonds is 14. The molecule has 0 aliphatic rings. The van der Waals surface area contributed by atoms with Crippen LogP contribution in [0, 0.1) is 20.2 Å². The third-order valence-corrected chi connectivity index (χ3v) is 11.7. The highest BCUT2D eigenvalue weighted by Crippen LogP contribution is 2.28. The van der Waals surface area contributed by atoms with Crippen LogP contribution >= 0.6 is 0 Å². The number of tetrazole rings is 2. The van der Waals surface area contributed by atoms with Crippen LogP contribution < -0.4 is 0 Å². The molecule has 20 heteroatoms. The fraction of sp³-hybridized carbons (Fsp3) is 0.235. The fourth-order valence-electron chi connectivity index (χ4n) is 5.55. The van der Waals surface area contributed by atoms with Crippen LogP contribution in [0.2, 0.25) is 0 Å². The second kappa shape index (κ2) is 17.0. The average Bonchev–Trinajstić information content (AvgIpc) is 3.90. The van der Waals surface area contributed by atoms with E-state index in [2.05, 4.69) is 31.1 Å². The Morgan fingerprint density at radius 2 is 0.833 bits per heavy atom. The third kappa shape index (κ3) is 9.19. The summed E-state index contributed by atoms with van der Waals surface area (Å²) in [5, 5.41) is 43.8. The minimum absolute atomic E-state index is 0.342. The summed E-state index contributed by atoms with van der Waals surface area (Å²) < 4.78 is 54.3. The Balaban J connectivity index is 0.000000208. The van der Waals surface area contributed by atoms with Crippen molar-refractivity contribution in [1.82, 2.24) is 40.4 Å². The van der Waals surface area contributed by atoms with Gasteiger partial charge in [-0.3, -0.25) is 20.2 Å². The van der Waals surface area contributed by atoms with E-state index in [1.807, 2.05) is 0 Å². The summed E-state index contributed by atoms with van der Waals surface area (Å²) >= 11 is 0. The van der Waals surface area contributed by atoms with Crippen molar-refractivity contribution in [3.63, 3.8) is 0 Å². The average molecular weight is 775 g/mol. The number of hydrogen-bond donors (Lipinski definition) is 0. The fourth-order valence-corrected chi connectivity index (χ4v) is 8.87. The number of nitrogens with zero attached hydrogens (tertiary/aromatic N) is 10. The van der Waals surface area contributed by atoms with Gasteiger partial charge in [-0.15, -0.1) is 0 Å². The van der Waals surface area contributed by atoms with Gasteiger partial charge >= 0.3 is 0 Å². The number of benzene rings is 4. The molecule has 0 saturated heterocycles. The van der Waals surface area contributed by atoms with E-state index in [1.165, 1.54) is 13.8 Å². The van der Waals surface area contributed by atoms with Crippen molar-refractivity contribution >= 4 is 19.7 Å². The first-order chi connectivity index (χ1) is 25.8. The predicted octanol–water partition coefficient (Wildman–Crippen LogP) is 3.77. The summed E-state index contributed by atoms with van der Waals surface area (Å²) in [4.78, 5) is 21.7. The molecule has 6 aromatic rings. The Morgan fingerprint density at radius 1 is 0.537 bits per heavy atom. The van der Waals surface area contributed by atoms with E-state index in [0.29, 0.717) is 22.5 Å². The lowest BCUT2D eigenvalue weighted by Crippen LogP contribution is -2.30. The first kappa shape index (κ1) is 38.9. The Kier molecular flexibility index (Phi) is 12.3. The van der Waals surface area contributed by atoms with Crippen molar-refractivity contribution < 1.29 is 26.7 Å². The van der Waals surface area contributed by atoms with Gasteiger partial charge in [-0.25, -0.2) is 16.8 Å². The van der Waals surface area contributed by atoms with E-state index in [-0.39, 0.29) is 10.3 Å². The smallest absolute Gasteiger partial charge is 0.264 e. The molecule has 4 aromatic carbocycles. The highest BCUT2D eigenvalue weighted by atomic mass is 32.2. The molecule has 6 rings (SSSR count). The maximum absolute atomic E-state index is 13.0. The van der Waals surface area contributed by atoms with Gasteiger partial charge in [-0.1, -0.05) is 107 Å². The molecule has 280 valence electrons. The standard InChI is InChI=1S/2C17H17N5O4S/c2*1-13(22(23)24)16(14-8-4-2-5-9-14)12-27(25,26)17-18-19-20-21(17)15-10-6-3-7-11-15/h2*2-11,13,16H,12H2,1H3/t2*13-,16-/m11/s1. The van der Waals surface area contributed by atoms with Crippen LogP contribution in [0.1, 0.15) is 36.8 Å². The minimum Gasteiger partial charge on any atom is -0.264 e. The normalized spacial score (nSPS) is 13.8. The molecule has 0 aliphatic carbocycles. The van der Waals surface area contributed by atoms with Gasteiger partial charge in [-0.2, -0.15) is 9.36 Å². The summed E-state index contributed by atoms with van der Waals surface area (Å²) in [5.41, 5.74) is 2.12. The molecular formula is C34H34N10O8S2. The van der Waals surface area contributed by atoms with E-state index < -0.39 is 64.9 Å². The van der Waals surface area contributed by atoms with E-state index in [4.69, 9.17) is 0 Å². The summed E-state index contributed by atoms with van der Waals surface area (Å²) in [5.74, 6) is -2.64. The summed E-state index contributed by atoms with van der Waals surface area (Å²) in [6, 6.07) is 32.1. The van der Waals surface area contributed by atoms with Crippen LogP contribution in [0.4, 0.5) is 0 Å². The van der Waals surface area contributed by atoms with E-state index in [1.54, 1.807) is 121 Å². The highest BCUT2D eigenvalue weighted by Gasteiger charge is 2.37. The molecule has 0 saturated carbocycles. The van der Waals surface area contributed by atoms with Gasteiger partial charge < -0.3 is 0 Å². The van der Waals surface area contributed by atoms with Gasteiger partial charge in [0.05, 0.1) is 34.7 Å². The van der Waals surface area contributed by atoms with E-state index >= 15 is 0 Å². The van der Waals surface area contributed by atoms with Crippen molar-refractivity contribution in [1.29, 1.82) is 0 Å². The molecule has 0 radical (unpaired) electrons. The summed E-state index contributed by atoms with van der Waals surface area (Å²) in [7, 11) is -8.00. The first-order valence-electron chi connectivity index (χ1n) is 16.3. The molecule has 0 unspecified atom stereocenters. The van der Waals surface area contributed by atoms with Crippen molar-refractivity contribution in [3.05, 3.63) is 153 Å². The van der Waals surface area contributed by atoms with E-state index in [9.17, 15) is 37.1 Å². The Morgan fingerprint density at radius 3 is 1.13 bits per heavy atom. The van der Waals surface area contributed by atoms with Crippen LogP contribution in [0.25, 0.3) is 11.4 Å². The van der Waals surface area contributed by atoms with Crippen LogP contribution in [-0.4, -0.2) is 90.7 Å². The topological polar surface area (TPSA) is 242 Å². The molecule has 0 fully saturated rings. The van der Waals surface area contributed by atoms with Crippen molar-refractivity contribution in [2.75, 3.05) is 11.5 Å². The molecule has 2 heterocycles. The molecule has 54 heavy (non-hydrogen) atoms. The Hall–Kier alpha value is -6.28. The van der Waals surface area contributed by atoms with E-state index in [0.717, 1.165) is 9.36 Å². The molecule has 0 bridgehead atoms. The highest BCUT2D eigenvalue weighted by molar-refractivity contribution is 7.91. The zero-order chi connectivity index (χ0) is 38.9. The van der Waals surface area contributed by atoms with Gasteiger partial charge in [0.25, 0.3) is 10.3 Å². The number of para-hydroxylation sites is 2. The van der Waals surface area contributed by atoms with Gasteiger partial charge in [0.1, 0.15) is 0 Å². The van der Waals surface area contributed by atoms with Gasteiger partial charge in [0.2, 0.25) is 31.8 Å². The zero-order valence-corrected chi connectivity index (χ0v) is 30.5. The van der Waals surface area contributed by atoms with Crippen LogP contribution in [-0.2, 0) is 19.7 Å². The maximum Gasteiger partial charge on any atom is 0.272 e. The maximum atomic E-state index is 13.0. The molecule has 18 nitrogen and oxygen atoms in total. The van der Waals surface area contributed by atoms with Crippen molar-refractivity contribution in [2.45, 2.75) is 48.1 Å². The second-order valence-corrected chi connectivity index (χ2v) is 15.9. The molecule has 0 N–H and O–H groups in total. The lowest BCUT2D eigenvalue weighted by Gasteiger charge is -2.18. The lowest BCUT2D eigenvalue weighted by molar-refractivity contribution is -0.521. The van der Waals surface area contributed by atoms with Gasteiger partial charge in [0, 0.05) is 23.7 Å².